The molecule has 0 saturated carbocycles. The fraction of sp³-hybridized carbons (Fsp3) is 0.0769. The first-order valence-electron chi connectivity index (χ1n) is 5.19. The zero-order valence-electron chi connectivity index (χ0n) is 9.57. The van der Waals surface area contributed by atoms with E-state index >= 15 is 0 Å². The van der Waals surface area contributed by atoms with Crippen molar-refractivity contribution in [3.63, 3.8) is 0 Å². The lowest BCUT2D eigenvalue weighted by Crippen LogP contribution is -2.09. The van der Waals surface area contributed by atoms with Crippen LogP contribution in [0.2, 0.25) is 0 Å². The van der Waals surface area contributed by atoms with E-state index in [9.17, 15) is 14.0 Å². The first-order chi connectivity index (χ1) is 8.63. The summed E-state index contributed by atoms with van der Waals surface area (Å²) in [6.07, 6.45) is 1.50. The molecule has 0 aliphatic heterocycles. The van der Waals surface area contributed by atoms with Crippen molar-refractivity contribution in [1.82, 2.24) is 4.98 Å². The summed E-state index contributed by atoms with van der Waals surface area (Å²) < 4.78 is 17.9. The van der Waals surface area contributed by atoms with Crippen molar-refractivity contribution in [3.8, 4) is 11.1 Å². The van der Waals surface area contributed by atoms with E-state index < -0.39 is 11.8 Å². The number of benzene rings is 1. The first kappa shape index (κ1) is 12.0. The van der Waals surface area contributed by atoms with Crippen LogP contribution < -0.4 is 5.56 Å². The maximum atomic E-state index is 13.4. The van der Waals surface area contributed by atoms with E-state index in [4.69, 9.17) is 0 Å². The molecule has 0 radical (unpaired) electrons. The molecule has 0 atom stereocenters. The van der Waals surface area contributed by atoms with Gasteiger partial charge in [0.15, 0.2) is 0 Å². The maximum absolute atomic E-state index is 13.4. The van der Waals surface area contributed by atoms with Gasteiger partial charge in [-0.25, -0.2) is 9.18 Å². The minimum atomic E-state index is -0.776. The summed E-state index contributed by atoms with van der Waals surface area (Å²) in [5.41, 5.74) is 0.319. The Kier molecular flexibility index (Phi) is 3.23. The fourth-order valence-corrected chi connectivity index (χ4v) is 1.61. The number of hydrogen-bond acceptors (Lipinski definition) is 3. The number of carbonyl (C=O) groups is 1. The van der Waals surface area contributed by atoms with Gasteiger partial charge in [0.25, 0.3) is 5.56 Å². The third-order valence-electron chi connectivity index (χ3n) is 2.50. The van der Waals surface area contributed by atoms with E-state index in [1.54, 1.807) is 12.1 Å². The van der Waals surface area contributed by atoms with Crippen LogP contribution in [-0.2, 0) is 4.74 Å². The number of methoxy groups -OCH3 is 1. The van der Waals surface area contributed by atoms with Crippen LogP contribution in [0.3, 0.4) is 0 Å². The van der Waals surface area contributed by atoms with Crippen LogP contribution in [0.5, 0.6) is 0 Å². The molecule has 2 aromatic rings. The van der Waals surface area contributed by atoms with E-state index in [1.165, 1.54) is 25.4 Å². The van der Waals surface area contributed by atoms with Gasteiger partial charge >= 0.3 is 5.97 Å². The molecule has 0 amide bonds. The van der Waals surface area contributed by atoms with E-state index in [0.29, 0.717) is 11.1 Å². The molecule has 2 rings (SSSR count). The maximum Gasteiger partial charge on any atom is 0.340 e. The van der Waals surface area contributed by atoms with E-state index in [1.807, 2.05) is 0 Å². The number of halogens is 1. The zero-order valence-corrected chi connectivity index (χ0v) is 9.57. The van der Waals surface area contributed by atoms with Crippen molar-refractivity contribution in [3.05, 3.63) is 58.3 Å². The predicted molar refractivity (Wildman–Crippen MR) is 63.8 cm³/mol. The van der Waals surface area contributed by atoms with Gasteiger partial charge < -0.3 is 9.72 Å². The largest absolute Gasteiger partial charge is 0.465 e. The molecule has 18 heavy (non-hydrogen) atoms. The highest BCUT2D eigenvalue weighted by Crippen LogP contribution is 2.19. The topological polar surface area (TPSA) is 59.2 Å². The highest BCUT2D eigenvalue weighted by atomic mass is 19.1. The number of H-pyrrole nitrogens is 1. The van der Waals surface area contributed by atoms with Crippen molar-refractivity contribution in [1.29, 1.82) is 0 Å². The van der Waals surface area contributed by atoms with E-state index in [-0.39, 0.29) is 11.1 Å². The van der Waals surface area contributed by atoms with Crippen LogP contribution in [0, 0.1) is 5.82 Å². The molecule has 0 saturated heterocycles. The van der Waals surface area contributed by atoms with Gasteiger partial charge in [-0.05, 0) is 29.8 Å². The van der Waals surface area contributed by atoms with Crippen molar-refractivity contribution in [2.24, 2.45) is 0 Å². The molecular weight excluding hydrogens is 237 g/mol. The normalized spacial score (nSPS) is 10.1. The second-order valence-corrected chi connectivity index (χ2v) is 3.60. The zero-order chi connectivity index (χ0) is 13.1. The smallest absolute Gasteiger partial charge is 0.340 e. The summed E-state index contributed by atoms with van der Waals surface area (Å²) >= 11 is 0. The van der Waals surface area contributed by atoms with Crippen molar-refractivity contribution < 1.29 is 13.9 Å². The molecule has 1 aromatic heterocycles. The molecular formula is C13H10FNO3. The molecule has 1 heterocycles. The van der Waals surface area contributed by atoms with Gasteiger partial charge in [0.1, 0.15) is 5.82 Å². The van der Waals surface area contributed by atoms with E-state index in [0.717, 1.165) is 6.07 Å². The third-order valence-corrected chi connectivity index (χ3v) is 2.50. The number of nitrogens with one attached hydrogen (secondary N) is 1. The summed E-state index contributed by atoms with van der Waals surface area (Å²) in [6, 6.07) is 7.11. The van der Waals surface area contributed by atoms with E-state index in [2.05, 4.69) is 9.72 Å². The minimum Gasteiger partial charge on any atom is -0.465 e. The van der Waals surface area contributed by atoms with Crippen LogP contribution in [0.1, 0.15) is 10.4 Å². The van der Waals surface area contributed by atoms with Crippen LogP contribution >= 0.6 is 0 Å². The molecule has 1 N–H and O–H groups in total. The highest BCUT2D eigenvalue weighted by molar-refractivity contribution is 5.91. The van der Waals surface area contributed by atoms with Gasteiger partial charge in [-0.15, -0.1) is 0 Å². The van der Waals surface area contributed by atoms with Crippen molar-refractivity contribution in [2.45, 2.75) is 0 Å². The molecule has 0 aliphatic rings. The number of esters is 1. The number of ether oxygens (including phenoxy) is 1. The highest BCUT2D eigenvalue weighted by Gasteiger charge is 2.14. The Bertz CT molecular complexity index is 649. The second-order valence-electron chi connectivity index (χ2n) is 3.60. The Morgan fingerprint density at radius 2 is 2.11 bits per heavy atom. The quantitative estimate of drug-likeness (QED) is 0.825. The minimum absolute atomic E-state index is 0.196. The molecule has 0 unspecified atom stereocenters. The Hall–Kier alpha value is -2.43. The molecule has 0 spiro atoms. The standard InChI is InChI=1S/C13H10FNO3/c1-18-13(17)10-7-8(4-5-11(10)14)9-3-2-6-15-12(9)16/h2-7H,1H3,(H,15,16). The fourth-order valence-electron chi connectivity index (χ4n) is 1.61. The number of rotatable bonds is 2. The number of aromatic nitrogens is 1. The van der Waals surface area contributed by atoms with Gasteiger partial charge in [-0.1, -0.05) is 6.07 Å². The first-order valence-corrected chi connectivity index (χ1v) is 5.19. The Morgan fingerprint density at radius 1 is 1.33 bits per heavy atom. The Labute approximate surface area is 102 Å². The summed E-state index contributed by atoms with van der Waals surface area (Å²) in [4.78, 5) is 25.5. The molecule has 5 heteroatoms. The molecule has 0 aliphatic carbocycles. The van der Waals surface area contributed by atoms with Crippen LogP contribution in [0.15, 0.2) is 41.3 Å². The van der Waals surface area contributed by atoms with Crippen LogP contribution in [0.25, 0.3) is 11.1 Å². The second kappa shape index (κ2) is 4.83. The lowest BCUT2D eigenvalue weighted by molar-refractivity contribution is 0.0595. The summed E-state index contributed by atoms with van der Waals surface area (Å²) in [5.74, 6) is -1.46. The van der Waals surface area contributed by atoms with Crippen LogP contribution in [-0.4, -0.2) is 18.1 Å². The predicted octanol–water partition coefficient (Wildman–Crippen LogP) is 1.97. The number of hydrogen-bond donors (Lipinski definition) is 1. The monoisotopic (exact) mass is 247 g/mol. The van der Waals surface area contributed by atoms with Gasteiger partial charge in [0, 0.05) is 11.8 Å². The average molecular weight is 247 g/mol. The molecule has 0 bridgehead atoms. The SMILES string of the molecule is COC(=O)c1cc(-c2ccc[nH]c2=O)ccc1F. The molecule has 92 valence electrons. The number of carbonyl (C=O) groups excluding carboxylic acids is 1. The van der Waals surface area contributed by atoms with Crippen LogP contribution in [0.4, 0.5) is 4.39 Å². The molecule has 0 fully saturated rings. The summed E-state index contributed by atoms with van der Waals surface area (Å²) in [7, 11) is 1.17. The molecule has 4 nitrogen and oxygen atoms in total. The number of aromatic amines is 1. The summed E-state index contributed by atoms with van der Waals surface area (Å²) in [6.45, 7) is 0. The van der Waals surface area contributed by atoms with Crippen molar-refractivity contribution in [2.75, 3.05) is 7.11 Å². The lowest BCUT2D eigenvalue weighted by Gasteiger charge is -2.04. The summed E-state index contributed by atoms with van der Waals surface area (Å²) in [5, 5.41) is 0. The molecule has 1 aromatic carbocycles. The number of pyridine rings is 1. The Morgan fingerprint density at radius 3 is 2.78 bits per heavy atom. The van der Waals surface area contributed by atoms with Gasteiger partial charge in [-0.3, -0.25) is 4.79 Å². The van der Waals surface area contributed by atoms with Gasteiger partial charge in [-0.2, -0.15) is 0 Å². The Balaban J connectivity index is 2.58. The van der Waals surface area contributed by atoms with Crippen molar-refractivity contribution >= 4 is 5.97 Å². The van der Waals surface area contributed by atoms with Gasteiger partial charge in [0.05, 0.1) is 12.7 Å². The lowest BCUT2D eigenvalue weighted by atomic mass is 10.0. The average Bonchev–Trinajstić information content (AvgIpc) is 2.39. The van der Waals surface area contributed by atoms with Gasteiger partial charge in [0.2, 0.25) is 0 Å². The third kappa shape index (κ3) is 2.15.